The van der Waals surface area contributed by atoms with Crippen molar-refractivity contribution in [3.63, 3.8) is 0 Å². The first-order valence-corrected chi connectivity index (χ1v) is 4.97. The van der Waals surface area contributed by atoms with Crippen molar-refractivity contribution in [2.45, 2.75) is 6.92 Å². The van der Waals surface area contributed by atoms with Crippen LogP contribution in [0.1, 0.15) is 21.5 Å². The highest BCUT2D eigenvalue weighted by molar-refractivity contribution is 6.19. The van der Waals surface area contributed by atoms with Crippen molar-refractivity contribution in [1.82, 2.24) is 0 Å². The number of alkyl halides is 1. The average molecular weight is 223 g/mol. The number of esters is 1. The third kappa shape index (κ3) is 2.74. The van der Waals surface area contributed by atoms with E-state index in [1.807, 2.05) is 13.0 Å². The maximum atomic E-state index is 11.4. The number of carbonyl (C=O) groups is 1. The number of halogens is 1. The first-order chi connectivity index (χ1) is 7.20. The number of hydrogen-bond donors (Lipinski definition) is 0. The van der Waals surface area contributed by atoms with Gasteiger partial charge in [0.25, 0.3) is 0 Å². The first-order valence-electron chi connectivity index (χ1n) is 4.43. The van der Waals surface area contributed by atoms with E-state index in [1.54, 1.807) is 12.1 Å². The van der Waals surface area contributed by atoms with E-state index in [4.69, 9.17) is 11.6 Å². The van der Waals surface area contributed by atoms with Gasteiger partial charge in [-0.05, 0) is 24.6 Å². The summed E-state index contributed by atoms with van der Waals surface area (Å²) in [6.45, 7) is 1.84. The van der Waals surface area contributed by atoms with Crippen LogP contribution in [-0.4, -0.2) is 19.0 Å². The van der Waals surface area contributed by atoms with Crippen LogP contribution in [-0.2, 0) is 4.74 Å². The van der Waals surface area contributed by atoms with E-state index in [0.29, 0.717) is 5.56 Å². The van der Waals surface area contributed by atoms with E-state index in [0.717, 1.165) is 11.1 Å². The molecule has 78 valence electrons. The molecule has 1 rings (SSSR count). The quantitative estimate of drug-likeness (QED) is 0.414. The number of benzene rings is 1. The van der Waals surface area contributed by atoms with Gasteiger partial charge in [-0.2, -0.15) is 0 Å². The molecule has 1 aromatic carbocycles. The Hall–Kier alpha value is -1.46. The molecule has 0 unspecified atom stereocenters. The summed E-state index contributed by atoms with van der Waals surface area (Å²) >= 11 is 5.47. The fourth-order valence-electron chi connectivity index (χ4n) is 1.23. The Labute approximate surface area is 94.2 Å². The molecular weight excluding hydrogens is 212 g/mol. The average Bonchev–Trinajstić information content (AvgIpc) is 2.27. The molecular formula is C12H11ClO2. The Morgan fingerprint density at radius 2 is 2.27 bits per heavy atom. The Balaban J connectivity index is 3.17. The monoisotopic (exact) mass is 222 g/mol. The highest BCUT2D eigenvalue weighted by Crippen LogP contribution is 2.13. The lowest BCUT2D eigenvalue weighted by molar-refractivity contribution is 0.0600. The lowest BCUT2D eigenvalue weighted by Gasteiger charge is -2.04. The second kappa shape index (κ2) is 5.43. The molecule has 0 bridgehead atoms. The van der Waals surface area contributed by atoms with Crippen molar-refractivity contribution < 1.29 is 9.53 Å². The number of carbonyl (C=O) groups excluding carboxylic acids is 1. The molecule has 3 heteroatoms. The molecule has 15 heavy (non-hydrogen) atoms. The van der Waals surface area contributed by atoms with Crippen LogP contribution < -0.4 is 0 Å². The zero-order chi connectivity index (χ0) is 11.3. The number of ether oxygens (including phenoxy) is 1. The highest BCUT2D eigenvalue weighted by atomic mass is 35.5. The van der Waals surface area contributed by atoms with Crippen LogP contribution in [0.15, 0.2) is 18.2 Å². The second-order valence-corrected chi connectivity index (χ2v) is 3.17. The molecule has 0 spiro atoms. The molecule has 0 aliphatic heterocycles. The zero-order valence-corrected chi connectivity index (χ0v) is 9.39. The van der Waals surface area contributed by atoms with Crippen molar-refractivity contribution >= 4 is 17.6 Å². The maximum absolute atomic E-state index is 11.4. The summed E-state index contributed by atoms with van der Waals surface area (Å²) in [7, 11) is 1.36. The summed E-state index contributed by atoms with van der Waals surface area (Å²) in [5, 5.41) is 0. The van der Waals surface area contributed by atoms with Crippen LogP contribution in [0.3, 0.4) is 0 Å². The predicted octanol–water partition coefficient (Wildman–Crippen LogP) is 2.37. The standard InChI is InChI=1S/C12H11ClO2/c1-9-10(6-4-8-13)5-3-7-11(9)12(14)15-2/h3,5,7H,8H2,1-2H3. The van der Waals surface area contributed by atoms with Crippen LogP contribution in [0.4, 0.5) is 0 Å². The van der Waals surface area contributed by atoms with Gasteiger partial charge in [0.05, 0.1) is 18.6 Å². The minimum Gasteiger partial charge on any atom is -0.465 e. The molecule has 0 atom stereocenters. The van der Waals surface area contributed by atoms with Gasteiger partial charge in [-0.15, -0.1) is 11.6 Å². The van der Waals surface area contributed by atoms with E-state index >= 15 is 0 Å². The summed E-state index contributed by atoms with van der Waals surface area (Å²) in [6.07, 6.45) is 0. The molecule has 0 saturated heterocycles. The third-order valence-electron chi connectivity index (χ3n) is 2.03. The van der Waals surface area contributed by atoms with E-state index < -0.39 is 0 Å². The Morgan fingerprint density at radius 3 is 2.87 bits per heavy atom. The van der Waals surface area contributed by atoms with Gasteiger partial charge in [-0.3, -0.25) is 0 Å². The molecule has 2 nitrogen and oxygen atoms in total. The van der Waals surface area contributed by atoms with Crippen molar-refractivity contribution in [2.75, 3.05) is 13.0 Å². The smallest absolute Gasteiger partial charge is 0.338 e. The van der Waals surface area contributed by atoms with Crippen LogP contribution in [0.2, 0.25) is 0 Å². The minimum atomic E-state index is -0.345. The zero-order valence-electron chi connectivity index (χ0n) is 8.63. The van der Waals surface area contributed by atoms with Gasteiger partial charge in [-0.25, -0.2) is 4.79 Å². The van der Waals surface area contributed by atoms with Crippen molar-refractivity contribution in [3.05, 3.63) is 34.9 Å². The Kier molecular flexibility index (Phi) is 4.20. The van der Waals surface area contributed by atoms with Gasteiger partial charge >= 0.3 is 5.97 Å². The van der Waals surface area contributed by atoms with Gasteiger partial charge in [0.15, 0.2) is 0 Å². The normalized spacial score (nSPS) is 9.00. The van der Waals surface area contributed by atoms with Crippen molar-refractivity contribution in [1.29, 1.82) is 0 Å². The summed E-state index contributed by atoms with van der Waals surface area (Å²) in [5.74, 6) is 5.58. The summed E-state index contributed by atoms with van der Waals surface area (Å²) in [5.41, 5.74) is 2.17. The summed E-state index contributed by atoms with van der Waals surface area (Å²) < 4.78 is 4.66. The molecule has 1 aromatic rings. The van der Waals surface area contributed by atoms with Gasteiger partial charge in [-0.1, -0.05) is 17.9 Å². The van der Waals surface area contributed by atoms with Crippen molar-refractivity contribution in [3.8, 4) is 11.8 Å². The number of methoxy groups -OCH3 is 1. The first kappa shape index (κ1) is 11.6. The lowest BCUT2D eigenvalue weighted by atomic mass is 10.0. The molecule has 0 heterocycles. The minimum absolute atomic E-state index is 0.280. The van der Waals surface area contributed by atoms with Crippen LogP contribution in [0.25, 0.3) is 0 Å². The SMILES string of the molecule is COC(=O)c1cccc(C#CCCl)c1C. The molecule has 0 aliphatic carbocycles. The second-order valence-electron chi connectivity index (χ2n) is 2.91. The predicted molar refractivity (Wildman–Crippen MR) is 60.1 cm³/mol. The number of hydrogen-bond acceptors (Lipinski definition) is 2. The lowest BCUT2D eigenvalue weighted by Crippen LogP contribution is -2.04. The van der Waals surface area contributed by atoms with E-state index in [1.165, 1.54) is 7.11 Å². The molecule has 0 aromatic heterocycles. The molecule has 0 saturated carbocycles. The Bertz CT molecular complexity index is 427. The summed E-state index contributed by atoms with van der Waals surface area (Å²) in [6, 6.07) is 5.34. The van der Waals surface area contributed by atoms with Gasteiger partial charge in [0, 0.05) is 5.56 Å². The molecule has 0 amide bonds. The summed E-state index contributed by atoms with van der Waals surface area (Å²) in [4.78, 5) is 11.4. The molecule has 0 aliphatic rings. The fourth-order valence-corrected chi connectivity index (χ4v) is 1.30. The van der Waals surface area contributed by atoms with Crippen LogP contribution in [0.5, 0.6) is 0 Å². The molecule has 0 N–H and O–H groups in total. The van der Waals surface area contributed by atoms with Crippen LogP contribution in [0, 0.1) is 18.8 Å². The van der Waals surface area contributed by atoms with E-state index in [2.05, 4.69) is 16.6 Å². The van der Waals surface area contributed by atoms with E-state index in [9.17, 15) is 4.79 Å². The molecule has 0 fully saturated rings. The third-order valence-corrected chi connectivity index (χ3v) is 2.16. The van der Waals surface area contributed by atoms with Gasteiger partial charge in [0.2, 0.25) is 0 Å². The number of rotatable bonds is 1. The van der Waals surface area contributed by atoms with Gasteiger partial charge < -0.3 is 4.74 Å². The van der Waals surface area contributed by atoms with Gasteiger partial charge in [0.1, 0.15) is 0 Å². The van der Waals surface area contributed by atoms with Crippen molar-refractivity contribution in [2.24, 2.45) is 0 Å². The fraction of sp³-hybridized carbons (Fsp3) is 0.250. The topological polar surface area (TPSA) is 26.3 Å². The van der Waals surface area contributed by atoms with E-state index in [-0.39, 0.29) is 11.8 Å². The molecule has 0 radical (unpaired) electrons. The Morgan fingerprint density at radius 1 is 1.53 bits per heavy atom. The maximum Gasteiger partial charge on any atom is 0.338 e. The van der Waals surface area contributed by atoms with Crippen LogP contribution >= 0.6 is 11.6 Å². The highest BCUT2D eigenvalue weighted by Gasteiger charge is 2.10. The largest absolute Gasteiger partial charge is 0.465 e.